The van der Waals surface area contributed by atoms with Crippen molar-refractivity contribution in [3.63, 3.8) is 0 Å². The molecule has 2 heterocycles. The summed E-state index contributed by atoms with van der Waals surface area (Å²) in [6.45, 7) is 9.85. The molecule has 2 aromatic heterocycles. The van der Waals surface area contributed by atoms with E-state index in [0.29, 0.717) is 16.6 Å². The van der Waals surface area contributed by atoms with Crippen LogP contribution in [0.15, 0.2) is 10.9 Å². The average molecular weight is 381 g/mol. The lowest BCUT2D eigenvalue weighted by Gasteiger charge is -2.19. The minimum absolute atomic E-state index is 0.0640. The summed E-state index contributed by atoms with van der Waals surface area (Å²) >= 11 is 1.32. The zero-order chi connectivity index (χ0) is 19.1. The third-order valence-electron chi connectivity index (χ3n) is 4.15. The summed E-state index contributed by atoms with van der Waals surface area (Å²) in [7, 11) is 1.79. The lowest BCUT2D eigenvalue weighted by molar-refractivity contribution is -0.119. The molecule has 0 fully saturated rings. The van der Waals surface area contributed by atoms with Crippen molar-refractivity contribution in [3.05, 3.63) is 22.1 Å². The van der Waals surface area contributed by atoms with Gasteiger partial charge in [0.05, 0.1) is 6.54 Å². The lowest BCUT2D eigenvalue weighted by Crippen LogP contribution is -2.39. The predicted molar refractivity (Wildman–Crippen MR) is 105 cm³/mol. The fourth-order valence-electron chi connectivity index (χ4n) is 2.62. The Morgan fingerprint density at radius 3 is 2.69 bits per heavy atom. The molecule has 0 saturated carbocycles. The number of carbonyl (C=O) groups is 1. The predicted octanol–water partition coefficient (Wildman–Crippen LogP) is 0.998. The van der Waals surface area contributed by atoms with E-state index in [1.54, 1.807) is 11.9 Å². The molecule has 8 nitrogen and oxygen atoms in total. The molecule has 0 unspecified atom stereocenters. The third kappa shape index (κ3) is 5.25. The zero-order valence-corrected chi connectivity index (χ0v) is 16.8. The van der Waals surface area contributed by atoms with Crippen LogP contribution < -0.4 is 15.8 Å². The van der Waals surface area contributed by atoms with Crippen molar-refractivity contribution in [2.24, 2.45) is 0 Å². The van der Waals surface area contributed by atoms with Crippen LogP contribution in [-0.4, -0.2) is 65.2 Å². The summed E-state index contributed by atoms with van der Waals surface area (Å²) in [5, 5.41) is 7.82. The van der Waals surface area contributed by atoms with Gasteiger partial charge in [0.1, 0.15) is 0 Å². The first-order valence-corrected chi connectivity index (χ1v) is 9.90. The van der Waals surface area contributed by atoms with Gasteiger partial charge in [-0.1, -0.05) is 38.5 Å². The molecular formula is C17H28N6O2S. The highest BCUT2D eigenvalue weighted by Crippen LogP contribution is 2.20. The van der Waals surface area contributed by atoms with E-state index >= 15 is 0 Å². The zero-order valence-electron chi connectivity index (χ0n) is 16.0. The molecule has 0 aliphatic carbocycles. The number of rotatable bonds is 10. The standard InChI is InChI=1S/C17H28N6O2S/c1-5-8-13-11-15(25)23-16(19-13)26-17(20-23)21(4)12-14(24)18-9-10-22(6-2)7-3/h11H,5-10,12H2,1-4H3,(H,18,24). The first-order valence-electron chi connectivity index (χ1n) is 9.08. The number of nitrogens with zero attached hydrogens (tertiary/aromatic N) is 5. The van der Waals surface area contributed by atoms with E-state index < -0.39 is 0 Å². The Hall–Kier alpha value is -2.00. The SMILES string of the molecule is CCCc1cc(=O)n2nc(N(C)CC(=O)NCCN(CC)CC)sc2n1. The normalized spacial score (nSPS) is 11.3. The van der Waals surface area contributed by atoms with E-state index in [-0.39, 0.29) is 18.0 Å². The van der Waals surface area contributed by atoms with E-state index in [0.717, 1.165) is 38.2 Å². The number of hydrogen-bond donors (Lipinski definition) is 1. The summed E-state index contributed by atoms with van der Waals surface area (Å²) in [4.78, 5) is 33.3. The second-order valence-electron chi connectivity index (χ2n) is 6.15. The molecular weight excluding hydrogens is 352 g/mol. The number of hydrogen-bond acceptors (Lipinski definition) is 7. The van der Waals surface area contributed by atoms with Gasteiger partial charge in [0, 0.05) is 31.9 Å². The Balaban J connectivity index is 1.98. The largest absolute Gasteiger partial charge is 0.353 e. The molecule has 0 aliphatic heterocycles. The number of nitrogens with one attached hydrogen (secondary N) is 1. The van der Waals surface area contributed by atoms with Gasteiger partial charge in [0.2, 0.25) is 16.0 Å². The Kier molecular flexibility index (Phi) is 7.52. The van der Waals surface area contributed by atoms with Gasteiger partial charge >= 0.3 is 0 Å². The van der Waals surface area contributed by atoms with Crippen LogP contribution in [0.4, 0.5) is 5.13 Å². The van der Waals surface area contributed by atoms with E-state index in [9.17, 15) is 9.59 Å². The van der Waals surface area contributed by atoms with Gasteiger partial charge in [-0.2, -0.15) is 4.52 Å². The van der Waals surface area contributed by atoms with Crippen molar-refractivity contribution < 1.29 is 4.79 Å². The van der Waals surface area contributed by atoms with Gasteiger partial charge in [-0.25, -0.2) is 4.98 Å². The Morgan fingerprint density at radius 1 is 1.31 bits per heavy atom. The van der Waals surface area contributed by atoms with Crippen molar-refractivity contribution in [1.29, 1.82) is 0 Å². The summed E-state index contributed by atoms with van der Waals surface area (Å²) in [5.41, 5.74) is 0.600. The summed E-state index contributed by atoms with van der Waals surface area (Å²) < 4.78 is 1.30. The van der Waals surface area contributed by atoms with Crippen molar-refractivity contribution in [1.82, 2.24) is 24.8 Å². The highest BCUT2D eigenvalue weighted by atomic mass is 32.1. The number of anilines is 1. The van der Waals surface area contributed by atoms with Gasteiger partial charge in [-0.3, -0.25) is 9.59 Å². The lowest BCUT2D eigenvalue weighted by atomic mass is 10.2. The topological polar surface area (TPSA) is 82.8 Å². The molecule has 1 amide bonds. The van der Waals surface area contributed by atoms with Crippen LogP contribution in [0.5, 0.6) is 0 Å². The Morgan fingerprint density at radius 2 is 2.04 bits per heavy atom. The minimum atomic E-state index is -0.182. The van der Waals surface area contributed by atoms with Gasteiger partial charge in [0.15, 0.2) is 0 Å². The average Bonchev–Trinajstić information content (AvgIpc) is 3.04. The van der Waals surface area contributed by atoms with Gasteiger partial charge < -0.3 is 15.1 Å². The van der Waals surface area contributed by atoms with E-state index in [4.69, 9.17) is 0 Å². The monoisotopic (exact) mass is 380 g/mol. The van der Waals surface area contributed by atoms with Crippen LogP contribution in [-0.2, 0) is 11.2 Å². The molecule has 0 saturated heterocycles. The molecule has 0 aliphatic rings. The van der Waals surface area contributed by atoms with Gasteiger partial charge in [0.25, 0.3) is 5.56 Å². The molecule has 0 atom stereocenters. The fourth-order valence-corrected chi connectivity index (χ4v) is 3.50. The van der Waals surface area contributed by atoms with Crippen LogP contribution in [0, 0.1) is 0 Å². The van der Waals surface area contributed by atoms with Crippen molar-refractivity contribution in [2.45, 2.75) is 33.6 Å². The molecule has 26 heavy (non-hydrogen) atoms. The van der Waals surface area contributed by atoms with E-state index in [1.807, 2.05) is 6.92 Å². The summed E-state index contributed by atoms with van der Waals surface area (Å²) in [6, 6.07) is 1.53. The number of fused-ring (bicyclic) bond motifs is 1. The molecule has 2 rings (SSSR count). The van der Waals surface area contributed by atoms with Crippen LogP contribution in [0.1, 0.15) is 32.9 Å². The van der Waals surface area contributed by atoms with Gasteiger partial charge in [-0.15, -0.1) is 5.10 Å². The van der Waals surface area contributed by atoms with Crippen molar-refractivity contribution in [3.8, 4) is 0 Å². The van der Waals surface area contributed by atoms with Gasteiger partial charge in [-0.05, 0) is 19.5 Å². The second kappa shape index (κ2) is 9.63. The van der Waals surface area contributed by atoms with Crippen molar-refractivity contribution in [2.75, 3.05) is 44.7 Å². The Bertz CT molecular complexity index is 783. The van der Waals surface area contributed by atoms with Crippen molar-refractivity contribution >= 4 is 27.3 Å². The highest BCUT2D eigenvalue weighted by Gasteiger charge is 2.14. The Labute approximate surface area is 157 Å². The summed E-state index contributed by atoms with van der Waals surface area (Å²) in [5.74, 6) is -0.0640. The third-order valence-corrected chi connectivity index (χ3v) is 5.17. The molecule has 0 aromatic carbocycles. The number of carbonyl (C=O) groups excluding carboxylic acids is 1. The molecule has 144 valence electrons. The smallest absolute Gasteiger partial charge is 0.275 e. The first-order chi connectivity index (χ1) is 12.5. The number of likely N-dealkylation sites (N-methyl/N-ethyl adjacent to an activating group) is 2. The minimum Gasteiger partial charge on any atom is -0.353 e. The second-order valence-corrected chi connectivity index (χ2v) is 7.08. The molecule has 1 N–H and O–H groups in total. The van der Waals surface area contributed by atoms with Crippen LogP contribution in [0.3, 0.4) is 0 Å². The van der Waals surface area contributed by atoms with E-state index in [1.165, 1.54) is 21.9 Å². The highest BCUT2D eigenvalue weighted by molar-refractivity contribution is 7.20. The number of aromatic nitrogens is 3. The maximum atomic E-state index is 12.2. The maximum Gasteiger partial charge on any atom is 0.275 e. The van der Waals surface area contributed by atoms with E-state index in [2.05, 4.69) is 34.1 Å². The molecule has 0 radical (unpaired) electrons. The fraction of sp³-hybridized carbons (Fsp3) is 0.647. The van der Waals surface area contributed by atoms with Crippen LogP contribution in [0.25, 0.3) is 4.96 Å². The molecule has 9 heteroatoms. The van der Waals surface area contributed by atoms with Crippen LogP contribution in [0.2, 0.25) is 0 Å². The summed E-state index contributed by atoms with van der Waals surface area (Å²) in [6.07, 6.45) is 1.70. The molecule has 0 spiro atoms. The maximum absolute atomic E-state index is 12.2. The number of amides is 1. The number of aryl methyl sites for hydroxylation is 1. The molecule has 0 bridgehead atoms. The first kappa shape index (κ1) is 20.3. The molecule has 2 aromatic rings. The van der Waals surface area contributed by atoms with Crippen LogP contribution >= 0.6 is 11.3 Å². The quantitative estimate of drug-likeness (QED) is 0.662.